The first kappa shape index (κ1) is 24.7. The van der Waals surface area contributed by atoms with Crippen LogP contribution in [-0.2, 0) is 0 Å². The molecule has 0 N–H and O–H groups in total. The molecule has 0 bridgehead atoms. The van der Waals surface area contributed by atoms with Gasteiger partial charge in [-0.25, -0.2) is 0 Å². The lowest BCUT2D eigenvalue weighted by molar-refractivity contribution is 0.0128. The Balaban J connectivity index is 2.35. The molecule has 0 aliphatic heterocycles. The van der Waals surface area contributed by atoms with Gasteiger partial charge in [0, 0.05) is 11.5 Å². The summed E-state index contributed by atoms with van der Waals surface area (Å²) >= 11 is 0. The maximum absolute atomic E-state index is 11.4. The van der Waals surface area contributed by atoms with E-state index in [2.05, 4.69) is 34.3 Å². The average molecular weight is 423 g/mol. The summed E-state index contributed by atoms with van der Waals surface area (Å²) in [6.45, 7) is 18.9. The minimum atomic E-state index is -0.334. The van der Waals surface area contributed by atoms with Gasteiger partial charge in [-0.3, -0.25) is 4.79 Å². The first-order valence-electron chi connectivity index (χ1n) is 11.3. The van der Waals surface area contributed by atoms with E-state index in [0.29, 0.717) is 17.2 Å². The predicted molar refractivity (Wildman–Crippen MR) is 130 cm³/mol. The van der Waals surface area contributed by atoms with Crippen LogP contribution in [0.4, 0.5) is 0 Å². The molecule has 3 nitrogen and oxygen atoms in total. The molecule has 3 heteroatoms. The van der Waals surface area contributed by atoms with Crippen LogP contribution in [-0.4, -0.2) is 17.5 Å². The van der Waals surface area contributed by atoms with Gasteiger partial charge in [0.15, 0.2) is 0 Å². The van der Waals surface area contributed by atoms with Crippen LogP contribution in [0, 0.1) is 5.92 Å². The number of carbonyl (C=O) groups is 1. The van der Waals surface area contributed by atoms with Crippen molar-refractivity contribution >= 4 is 6.29 Å². The summed E-state index contributed by atoms with van der Waals surface area (Å²) in [5, 5.41) is 0. The van der Waals surface area contributed by atoms with E-state index in [4.69, 9.17) is 9.47 Å². The lowest BCUT2D eigenvalue weighted by Gasteiger charge is -2.40. The van der Waals surface area contributed by atoms with E-state index >= 15 is 0 Å². The van der Waals surface area contributed by atoms with Crippen LogP contribution in [0.5, 0.6) is 11.5 Å². The largest absolute Gasteiger partial charge is 0.488 e. The van der Waals surface area contributed by atoms with Crippen LogP contribution in [0.1, 0.15) is 78.1 Å². The molecule has 0 aliphatic carbocycles. The van der Waals surface area contributed by atoms with Gasteiger partial charge in [-0.2, -0.15) is 0 Å². The Hall–Kier alpha value is -2.55. The van der Waals surface area contributed by atoms with Crippen LogP contribution < -0.4 is 9.47 Å². The number of ether oxygens (including phenoxy) is 2. The lowest BCUT2D eigenvalue weighted by Crippen LogP contribution is -2.43. The quantitative estimate of drug-likeness (QED) is 0.288. The Bertz CT molecular complexity index is 883. The molecule has 2 rings (SSSR count). The highest BCUT2D eigenvalue weighted by Gasteiger charge is 2.37. The minimum absolute atomic E-state index is 0.257. The SMILES string of the molecule is C=C(C)C(CC)C(CC)(CC)Oc1ccc(-c2cc(C=O)cc(OC(C)(C)C)c2)cc1. The molecule has 0 radical (unpaired) electrons. The van der Waals surface area contributed by atoms with Gasteiger partial charge < -0.3 is 9.47 Å². The van der Waals surface area contributed by atoms with Crippen molar-refractivity contribution in [3.05, 3.63) is 60.2 Å². The molecule has 0 aliphatic rings. The predicted octanol–water partition coefficient (Wildman–Crippen LogP) is 7.88. The van der Waals surface area contributed by atoms with Crippen LogP contribution in [0.15, 0.2) is 54.6 Å². The van der Waals surface area contributed by atoms with E-state index in [9.17, 15) is 4.79 Å². The minimum Gasteiger partial charge on any atom is -0.488 e. The highest BCUT2D eigenvalue weighted by atomic mass is 16.5. The molecule has 0 fully saturated rings. The molecule has 2 aromatic rings. The number of hydrogen-bond donors (Lipinski definition) is 0. The normalized spacial score (nSPS) is 12.9. The number of carbonyl (C=O) groups excluding carboxylic acids is 1. The average Bonchev–Trinajstić information content (AvgIpc) is 2.72. The molecule has 168 valence electrons. The van der Waals surface area contributed by atoms with Crippen molar-refractivity contribution in [2.75, 3.05) is 0 Å². The van der Waals surface area contributed by atoms with Crippen molar-refractivity contribution < 1.29 is 14.3 Å². The zero-order valence-corrected chi connectivity index (χ0v) is 20.2. The van der Waals surface area contributed by atoms with Crippen LogP contribution >= 0.6 is 0 Å². The third-order valence-electron chi connectivity index (χ3n) is 5.83. The molecule has 1 unspecified atom stereocenters. The summed E-state index contributed by atoms with van der Waals surface area (Å²) in [5.41, 5.74) is 3.13. The maximum atomic E-state index is 11.4. The molecule has 31 heavy (non-hydrogen) atoms. The standard InChI is InChI=1S/C28H38O3/c1-9-26(20(4)5)28(10-2,11-3)31-24-14-12-22(13-15-24)23-16-21(19-29)17-25(18-23)30-27(6,7)8/h12-19,26H,4,9-11H2,1-3,5-8H3. The van der Waals surface area contributed by atoms with Crippen molar-refractivity contribution in [1.29, 1.82) is 0 Å². The van der Waals surface area contributed by atoms with Crippen molar-refractivity contribution in [3.8, 4) is 22.6 Å². The smallest absolute Gasteiger partial charge is 0.150 e. The second-order valence-corrected chi connectivity index (χ2v) is 9.33. The molecular weight excluding hydrogens is 384 g/mol. The topological polar surface area (TPSA) is 35.5 Å². The van der Waals surface area contributed by atoms with Gasteiger partial charge >= 0.3 is 0 Å². The van der Waals surface area contributed by atoms with Crippen molar-refractivity contribution in [2.45, 2.75) is 78.9 Å². The fourth-order valence-electron chi connectivity index (χ4n) is 4.35. The molecular formula is C28H38O3. The molecule has 0 heterocycles. The van der Waals surface area contributed by atoms with Gasteiger partial charge in [-0.1, -0.05) is 45.1 Å². The van der Waals surface area contributed by atoms with E-state index in [1.165, 1.54) is 5.57 Å². The Kier molecular flexibility index (Phi) is 8.11. The van der Waals surface area contributed by atoms with Crippen LogP contribution in [0.2, 0.25) is 0 Å². The Morgan fingerprint density at radius 1 is 0.935 bits per heavy atom. The fourth-order valence-corrected chi connectivity index (χ4v) is 4.35. The first-order valence-corrected chi connectivity index (χ1v) is 11.3. The monoisotopic (exact) mass is 422 g/mol. The van der Waals surface area contributed by atoms with Crippen molar-refractivity contribution in [2.24, 2.45) is 5.92 Å². The van der Waals surface area contributed by atoms with Gasteiger partial charge in [0.1, 0.15) is 29.0 Å². The third kappa shape index (κ3) is 6.22. The maximum Gasteiger partial charge on any atom is 0.150 e. The summed E-state index contributed by atoms with van der Waals surface area (Å²) in [7, 11) is 0. The molecule has 0 saturated heterocycles. The second-order valence-electron chi connectivity index (χ2n) is 9.33. The molecule has 2 aromatic carbocycles. The number of aldehydes is 1. The summed E-state index contributed by atoms with van der Waals surface area (Å²) in [4.78, 5) is 11.4. The zero-order valence-electron chi connectivity index (χ0n) is 20.2. The zero-order chi connectivity index (χ0) is 23.2. The second kappa shape index (κ2) is 10.2. The van der Waals surface area contributed by atoms with Gasteiger partial charge in [0.05, 0.1) is 0 Å². The van der Waals surface area contributed by atoms with Gasteiger partial charge in [0.25, 0.3) is 0 Å². The Morgan fingerprint density at radius 3 is 2.00 bits per heavy atom. The molecule has 0 spiro atoms. The summed E-state index contributed by atoms with van der Waals surface area (Å²) in [6, 6.07) is 13.7. The van der Waals surface area contributed by atoms with Crippen molar-refractivity contribution in [3.63, 3.8) is 0 Å². The summed E-state index contributed by atoms with van der Waals surface area (Å²) in [5.74, 6) is 1.85. The lowest BCUT2D eigenvalue weighted by atomic mass is 9.77. The summed E-state index contributed by atoms with van der Waals surface area (Å²) in [6.07, 6.45) is 3.71. The van der Waals surface area contributed by atoms with E-state index in [0.717, 1.165) is 42.4 Å². The number of hydrogen-bond acceptors (Lipinski definition) is 3. The number of rotatable bonds is 10. The summed E-state index contributed by atoms with van der Waals surface area (Å²) < 4.78 is 12.6. The number of benzene rings is 2. The van der Waals surface area contributed by atoms with Crippen molar-refractivity contribution in [1.82, 2.24) is 0 Å². The molecule has 1 atom stereocenters. The van der Waals surface area contributed by atoms with Crippen LogP contribution in [0.3, 0.4) is 0 Å². The van der Waals surface area contributed by atoms with Crippen LogP contribution in [0.25, 0.3) is 11.1 Å². The fraction of sp³-hybridized carbons (Fsp3) is 0.464. The van der Waals surface area contributed by atoms with Gasteiger partial charge in [-0.15, -0.1) is 0 Å². The highest BCUT2D eigenvalue weighted by Crippen LogP contribution is 2.38. The van der Waals surface area contributed by atoms with E-state index in [1.54, 1.807) is 6.07 Å². The van der Waals surface area contributed by atoms with E-state index < -0.39 is 0 Å². The molecule has 0 saturated carbocycles. The highest BCUT2D eigenvalue weighted by molar-refractivity contribution is 5.80. The molecule has 0 aromatic heterocycles. The van der Waals surface area contributed by atoms with Gasteiger partial charge in [-0.05, 0) is 88.4 Å². The first-order chi connectivity index (χ1) is 14.6. The van der Waals surface area contributed by atoms with E-state index in [-0.39, 0.29) is 11.2 Å². The third-order valence-corrected chi connectivity index (χ3v) is 5.83. The Morgan fingerprint density at radius 2 is 1.55 bits per heavy atom. The molecule has 0 amide bonds. The Labute approximate surface area is 188 Å². The van der Waals surface area contributed by atoms with E-state index in [1.807, 2.05) is 57.2 Å². The van der Waals surface area contributed by atoms with Gasteiger partial charge in [0.2, 0.25) is 0 Å².